The molecule has 0 aromatic heterocycles. The van der Waals surface area contributed by atoms with Crippen LogP contribution in [0.3, 0.4) is 0 Å². The van der Waals surface area contributed by atoms with Crippen molar-refractivity contribution < 1.29 is 36.2 Å². The predicted molar refractivity (Wildman–Crippen MR) is 196 cm³/mol. The molecule has 0 N–H and O–H groups in total. The van der Waals surface area contributed by atoms with Crippen molar-refractivity contribution in [2.75, 3.05) is 52.5 Å². The molecule has 3 fully saturated rings. The van der Waals surface area contributed by atoms with Crippen LogP contribution in [0.2, 0.25) is 0 Å². The van der Waals surface area contributed by atoms with E-state index in [1.807, 2.05) is 24.3 Å². The lowest BCUT2D eigenvalue weighted by Gasteiger charge is -2.28. The van der Waals surface area contributed by atoms with Crippen molar-refractivity contribution in [2.45, 2.75) is 38.0 Å². The molecule has 3 unspecified atom stereocenters. The maximum atomic E-state index is 14.0. The van der Waals surface area contributed by atoms with Crippen LogP contribution in [-0.4, -0.2) is 68.4 Å². The lowest BCUT2D eigenvalue weighted by molar-refractivity contribution is -0.137. The summed E-state index contributed by atoms with van der Waals surface area (Å²) < 4.78 is 88.1. The number of hydrogen-bond donors (Lipinski definition) is 0. The van der Waals surface area contributed by atoms with Gasteiger partial charge in [-0.05, 0) is 145 Å². The normalized spacial score (nSPS) is 22.9. The Morgan fingerprint density at radius 1 is 0.667 bits per heavy atom. The fourth-order valence-electron chi connectivity index (χ4n) is 8.82. The van der Waals surface area contributed by atoms with Crippen molar-refractivity contribution >= 4 is 11.1 Å². The zero-order chi connectivity index (χ0) is 37.0. The molecule has 4 aromatic carbocycles. The van der Waals surface area contributed by atoms with E-state index in [1.165, 1.54) is 48.7 Å². The molecule has 0 radical (unpaired) electrons. The van der Waals surface area contributed by atoms with E-state index in [0.29, 0.717) is 47.4 Å². The van der Waals surface area contributed by atoms with Crippen LogP contribution in [-0.2, 0) is 6.18 Å². The first kappa shape index (κ1) is 35.1. The quantitative estimate of drug-likeness (QED) is 0.160. The summed E-state index contributed by atoms with van der Waals surface area (Å²) in [6, 6.07) is 22.2. The second-order valence-corrected chi connectivity index (χ2v) is 15.2. The maximum Gasteiger partial charge on any atom is 0.416 e. The highest BCUT2D eigenvalue weighted by atomic mass is 19.4. The molecule has 2 saturated heterocycles. The molecule has 0 spiro atoms. The van der Waals surface area contributed by atoms with Crippen molar-refractivity contribution in [3.8, 4) is 17.2 Å². The Hall–Kier alpha value is -4.67. The van der Waals surface area contributed by atoms with Gasteiger partial charge >= 0.3 is 6.18 Å². The summed E-state index contributed by atoms with van der Waals surface area (Å²) in [5.74, 6) is 2.11. The van der Waals surface area contributed by atoms with Crippen LogP contribution < -0.4 is 14.2 Å². The van der Waals surface area contributed by atoms with E-state index in [9.17, 15) is 22.0 Å². The minimum absolute atomic E-state index is 0.0829. The third kappa shape index (κ3) is 7.13. The SMILES string of the molecule is Fc1ccc(C2=C(CN3CCCC3)COc3ccc(OC4CC4C4CCN(CC5=C(c6ccc(F)cc6)c6cc(C(F)(F)F)ccc6OC5)C4)cc32)cc1. The molecule has 4 heterocycles. The largest absolute Gasteiger partial charge is 0.490 e. The van der Waals surface area contributed by atoms with Crippen LogP contribution in [0.4, 0.5) is 22.0 Å². The highest BCUT2D eigenvalue weighted by Gasteiger charge is 2.47. The molecule has 1 aliphatic carbocycles. The van der Waals surface area contributed by atoms with Crippen molar-refractivity contribution in [3.05, 3.63) is 136 Å². The first-order valence-corrected chi connectivity index (χ1v) is 18.9. The molecular weight excluding hydrogens is 699 g/mol. The first-order valence-electron chi connectivity index (χ1n) is 18.9. The molecule has 3 atom stereocenters. The number of halogens is 5. The highest BCUT2D eigenvalue weighted by molar-refractivity contribution is 5.88. The van der Waals surface area contributed by atoms with Gasteiger partial charge in [-0.2, -0.15) is 13.2 Å². The minimum Gasteiger partial charge on any atom is -0.490 e. The van der Waals surface area contributed by atoms with Gasteiger partial charge in [0.25, 0.3) is 0 Å². The zero-order valence-corrected chi connectivity index (χ0v) is 29.8. The molecule has 4 aromatic rings. The molecule has 0 amide bonds. The first-order chi connectivity index (χ1) is 26.2. The van der Waals surface area contributed by atoms with Gasteiger partial charge in [-0.25, -0.2) is 8.78 Å². The fourth-order valence-corrected chi connectivity index (χ4v) is 8.82. The van der Waals surface area contributed by atoms with Gasteiger partial charge in [-0.15, -0.1) is 0 Å². The van der Waals surface area contributed by atoms with Gasteiger partial charge in [-0.3, -0.25) is 9.80 Å². The molecule has 10 heteroatoms. The van der Waals surface area contributed by atoms with E-state index >= 15 is 0 Å². The number of rotatable bonds is 9. The predicted octanol–water partition coefficient (Wildman–Crippen LogP) is 9.26. The molecule has 0 bridgehead atoms. The molecule has 5 nitrogen and oxygen atoms in total. The molecule has 9 rings (SSSR count). The molecule has 280 valence electrons. The van der Waals surface area contributed by atoms with E-state index < -0.39 is 17.6 Å². The fraction of sp³-hybridized carbons (Fsp3) is 0.364. The average molecular weight is 741 g/mol. The molecule has 54 heavy (non-hydrogen) atoms. The van der Waals surface area contributed by atoms with Gasteiger partial charge in [0.2, 0.25) is 0 Å². The Balaban J connectivity index is 0.912. The monoisotopic (exact) mass is 740 g/mol. The Labute approximate surface area is 311 Å². The Kier molecular flexibility index (Phi) is 9.22. The summed E-state index contributed by atoms with van der Waals surface area (Å²) in [4.78, 5) is 4.80. The Morgan fingerprint density at radius 2 is 1.24 bits per heavy atom. The van der Waals surface area contributed by atoms with Crippen LogP contribution in [0.1, 0.15) is 53.5 Å². The number of likely N-dealkylation sites (tertiary alicyclic amines) is 2. The van der Waals surface area contributed by atoms with Gasteiger partial charge < -0.3 is 14.2 Å². The van der Waals surface area contributed by atoms with E-state index in [1.54, 1.807) is 12.1 Å². The molecule has 4 aliphatic heterocycles. The topological polar surface area (TPSA) is 34.2 Å². The van der Waals surface area contributed by atoms with Gasteiger partial charge in [0, 0.05) is 36.7 Å². The van der Waals surface area contributed by atoms with Crippen molar-refractivity contribution in [1.82, 2.24) is 9.80 Å². The standard InChI is InChI=1S/C44H41F5N2O3/c45-33-8-3-27(4-9-33)42-31(26-52-39-13-7-32(19-37(39)42)44(47,48)49)24-51-18-15-29(22-51)36-21-41(36)54-35-12-14-40-38(20-35)43(28-5-10-34(46)11-6-28)30(25-53-40)23-50-16-1-2-17-50/h3-14,19-20,29,36,41H,1-2,15-18,21-26H2. The summed E-state index contributed by atoms with van der Waals surface area (Å²) in [6.45, 7) is 5.92. The number of fused-ring (bicyclic) bond motifs is 2. The van der Waals surface area contributed by atoms with Gasteiger partial charge in [0.1, 0.15) is 48.2 Å². The third-order valence-corrected chi connectivity index (χ3v) is 11.6. The van der Waals surface area contributed by atoms with E-state index in [2.05, 4.69) is 15.9 Å². The zero-order valence-electron chi connectivity index (χ0n) is 29.8. The Morgan fingerprint density at radius 3 is 1.85 bits per heavy atom. The number of hydrogen-bond acceptors (Lipinski definition) is 5. The van der Waals surface area contributed by atoms with Gasteiger partial charge in [-0.1, -0.05) is 24.3 Å². The van der Waals surface area contributed by atoms with E-state index in [-0.39, 0.29) is 18.5 Å². The molecule has 5 aliphatic rings. The lowest BCUT2D eigenvalue weighted by Crippen LogP contribution is -2.28. The molecule has 1 saturated carbocycles. The van der Waals surface area contributed by atoms with Crippen molar-refractivity contribution in [2.24, 2.45) is 11.8 Å². The van der Waals surface area contributed by atoms with Gasteiger partial charge in [0.05, 0.1) is 5.56 Å². The van der Waals surface area contributed by atoms with Crippen LogP contribution in [0.25, 0.3) is 11.1 Å². The van der Waals surface area contributed by atoms with Gasteiger partial charge in [0.15, 0.2) is 0 Å². The Bertz CT molecular complexity index is 2100. The van der Waals surface area contributed by atoms with Crippen LogP contribution >= 0.6 is 0 Å². The smallest absolute Gasteiger partial charge is 0.416 e. The van der Waals surface area contributed by atoms with Crippen molar-refractivity contribution in [3.63, 3.8) is 0 Å². The third-order valence-electron chi connectivity index (χ3n) is 11.6. The summed E-state index contributed by atoms with van der Waals surface area (Å²) >= 11 is 0. The second kappa shape index (κ2) is 14.2. The maximum absolute atomic E-state index is 14.0. The summed E-state index contributed by atoms with van der Waals surface area (Å²) in [6.07, 6.45) is -0.0858. The van der Waals surface area contributed by atoms with E-state index in [0.717, 1.165) is 91.5 Å². The minimum atomic E-state index is -4.50. The van der Waals surface area contributed by atoms with E-state index in [4.69, 9.17) is 14.2 Å². The lowest BCUT2D eigenvalue weighted by atomic mass is 9.89. The number of ether oxygens (including phenoxy) is 3. The second-order valence-electron chi connectivity index (χ2n) is 15.2. The number of nitrogens with zero attached hydrogens (tertiary/aromatic N) is 2. The average Bonchev–Trinajstić information content (AvgIpc) is 3.48. The summed E-state index contributed by atoms with van der Waals surface area (Å²) in [7, 11) is 0. The van der Waals surface area contributed by atoms with Crippen LogP contribution in [0, 0.1) is 23.5 Å². The molecular formula is C44H41F5N2O3. The highest BCUT2D eigenvalue weighted by Crippen LogP contribution is 2.47. The summed E-state index contributed by atoms with van der Waals surface area (Å²) in [5.41, 5.74) is 6.05. The van der Waals surface area contributed by atoms with Crippen molar-refractivity contribution in [1.29, 1.82) is 0 Å². The number of alkyl halides is 3. The van der Waals surface area contributed by atoms with Crippen LogP contribution in [0.15, 0.2) is 96.1 Å². The number of benzene rings is 4. The van der Waals surface area contributed by atoms with Crippen LogP contribution in [0.5, 0.6) is 17.2 Å². The summed E-state index contributed by atoms with van der Waals surface area (Å²) in [5, 5.41) is 0.